The van der Waals surface area contributed by atoms with E-state index in [1.165, 1.54) is 0 Å². The van der Waals surface area contributed by atoms with E-state index in [2.05, 4.69) is 23.2 Å². The first-order valence-corrected chi connectivity index (χ1v) is 5.91. The molecule has 0 bridgehead atoms. The van der Waals surface area contributed by atoms with Crippen LogP contribution in [0.15, 0.2) is 55.6 Å². The quantitative estimate of drug-likeness (QED) is 0.479. The van der Waals surface area contributed by atoms with Crippen LogP contribution >= 0.6 is 0 Å². The lowest BCUT2D eigenvalue weighted by atomic mass is 10.1. The van der Waals surface area contributed by atoms with E-state index in [1.54, 1.807) is 12.1 Å². The van der Waals surface area contributed by atoms with Crippen LogP contribution in [0, 0.1) is 0 Å². The van der Waals surface area contributed by atoms with Gasteiger partial charge in [0.05, 0.1) is 0 Å². The standard InChI is InChI=1S/C15H15NO4/c1-3-13(17)16-12(15(19)20-14(18)4-2)10-11-8-6-5-7-9-11/h3-9,12H,1-2,10H2,(H,16,17)/t12-/m0/s1. The Hall–Kier alpha value is -2.69. The lowest BCUT2D eigenvalue weighted by Crippen LogP contribution is -2.43. The number of nitrogens with one attached hydrogen (secondary N) is 1. The summed E-state index contributed by atoms with van der Waals surface area (Å²) in [5.74, 6) is -2.22. The van der Waals surface area contributed by atoms with Gasteiger partial charge < -0.3 is 10.1 Å². The number of rotatable bonds is 6. The molecule has 0 spiro atoms. The number of carbonyl (C=O) groups excluding carboxylic acids is 3. The molecule has 0 aliphatic carbocycles. The molecular weight excluding hydrogens is 258 g/mol. The summed E-state index contributed by atoms with van der Waals surface area (Å²) in [6.45, 7) is 6.51. The molecule has 0 aliphatic rings. The third-order valence-corrected chi connectivity index (χ3v) is 2.44. The van der Waals surface area contributed by atoms with Crippen LogP contribution in [-0.2, 0) is 25.5 Å². The summed E-state index contributed by atoms with van der Waals surface area (Å²) in [6.07, 6.45) is 2.14. The van der Waals surface area contributed by atoms with Crippen molar-refractivity contribution in [2.75, 3.05) is 0 Å². The van der Waals surface area contributed by atoms with Gasteiger partial charge in [-0.05, 0) is 11.6 Å². The zero-order chi connectivity index (χ0) is 15.0. The summed E-state index contributed by atoms with van der Waals surface area (Å²) < 4.78 is 4.53. The molecule has 1 N–H and O–H groups in total. The molecule has 0 heterocycles. The first-order chi connectivity index (χ1) is 9.56. The van der Waals surface area contributed by atoms with Crippen LogP contribution in [0.3, 0.4) is 0 Å². The highest BCUT2D eigenvalue weighted by molar-refractivity contribution is 5.96. The van der Waals surface area contributed by atoms with Crippen molar-refractivity contribution in [3.63, 3.8) is 0 Å². The molecule has 1 amide bonds. The fourth-order valence-electron chi connectivity index (χ4n) is 1.49. The van der Waals surface area contributed by atoms with Crippen molar-refractivity contribution in [2.45, 2.75) is 12.5 Å². The summed E-state index contributed by atoms with van der Waals surface area (Å²) in [5, 5.41) is 2.43. The maximum atomic E-state index is 11.8. The van der Waals surface area contributed by atoms with E-state index in [0.717, 1.165) is 17.7 Å². The summed E-state index contributed by atoms with van der Waals surface area (Å²) in [5.41, 5.74) is 0.824. The minimum Gasteiger partial charge on any atom is -0.388 e. The molecule has 5 nitrogen and oxygen atoms in total. The van der Waals surface area contributed by atoms with E-state index in [-0.39, 0.29) is 6.42 Å². The molecule has 0 saturated carbocycles. The third kappa shape index (κ3) is 4.89. The molecule has 0 aromatic heterocycles. The molecule has 1 atom stereocenters. The van der Waals surface area contributed by atoms with Gasteiger partial charge in [-0.1, -0.05) is 43.5 Å². The maximum absolute atomic E-state index is 11.8. The van der Waals surface area contributed by atoms with Crippen LogP contribution in [0.25, 0.3) is 0 Å². The van der Waals surface area contributed by atoms with E-state index in [0.29, 0.717) is 0 Å². The Labute approximate surface area is 116 Å². The van der Waals surface area contributed by atoms with Crippen molar-refractivity contribution in [3.8, 4) is 0 Å². The minimum atomic E-state index is -0.966. The maximum Gasteiger partial charge on any atom is 0.337 e. The molecule has 0 unspecified atom stereocenters. The van der Waals surface area contributed by atoms with Gasteiger partial charge in [0.25, 0.3) is 0 Å². The van der Waals surface area contributed by atoms with E-state index in [4.69, 9.17) is 0 Å². The van der Waals surface area contributed by atoms with Crippen molar-refractivity contribution in [1.82, 2.24) is 5.32 Å². The van der Waals surface area contributed by atoms with Gasteiger partial charge in [0.2, 0.25) is 5.91 Å². The molecule has 1 aromatic rings. The van der Waals surface area contributed by atoms with Gasteiger partial charge >= 0.3 is 11.9 Å². The van der Waals surface area contributed by atoms with Crippen LogP contribution in [0.4, 0.5) is 0 Å². The van der Waals surface area contributed by atoms with Gasteiger partial charge in [-0.3, -0.25) is 4.79 Å². The fraction of sp³-hybridized carbons (Fsp3) is 0.133. The average Bonchev–Trinajstić information content (AvgIpc) is 2.47. The zero-order valence-corrected chi connectivity index (χ0v) is 10.9. The second-order valence-electron chi connectivity index (χ2n) is 3.90. The molecule has 5 heteroatoms. The topological polar surface area (TPSA) is 72.5 Å². The Bertz CT molecular complexity index is 522. The van der Waals surface area contributed by atoms with Gasteiger partial charge in [0.15, 0.2) is 0 Å². The van der Waals surface area contributed by atoms with Crippen LogP contribution in [-0.4, -0.2) is 23.9 Å². The van der Waals surface area contributed by atoms with E-state index < -0.39 is 23.9 Å². The second-order valence-corrected chi connectivity index (χ2v) is 3.90. The van der Waals surface area contributed by atoms with Gasteiger partial charge in [-0.25, -0.2) is 9.59 Å². The van der Waals surface area contributed by atoms with E-state index >= 15 is 0 Å². The molecule has 0 fully saturated rings. The Morgan fingerprint density at radius 2 is 1.80 bits per heavy atom. The molecule has 0 radical (unpaired) electrons. The van der Waals surface area contributed by atoms with Crippen LogP contribution < -0.4 is 5.32 Å². The van der Waals surface area contributed by atoms with Crippen LogP contribution in [0.5, 0.6) is 0 Å². The fourth-order valence-corrected chi connectivity index (χ4v) is 1.49. The van der Waals surface area contributed by atoms with Crippen LogP contribution in [0.2, 0.25) is 0 Å². The molecule has 20 heavy (non-hydrogen) atoms. The van der Waals surface area contributed by atoms with Crippen LogP contribution in [0.1, 0.15) is 5.56 Å². The summed E-state index contributed by atoms with van der Waals surface area (Å²) >= 11 is 0. The second kappa shape index (κ2) is 7.68. The highest BCUT2D eigenvalue weighted by Crippen LogP contribution is 2.05. The number of amides is 1. The monoisotopic (exact) mass is 273 g/mol. The van der Waals surface area contributed by atoms with Gasteiger partial charge in [-0.15, -0.1) is 0 Å². The summed E-state index contributed by atoms with van der Waals surface area (Å²) in [6, 6.07) is 8.09. The van der Waals surface area contributed by atoms with Crippen molar-refractivity contribution >= 4 is 17.8 Å². The van der Waals surface area contributed by atoms with Crippen molar-refractivity contribution in [2.24, 2.45) is 0 Å². The van der Waals surface area contributed by atoms with Gasteiger partial charge in [0, 0.05) is 12.5 Å². The Kier molecular flexibility index (Phi) is 5.90. The lowest BCUT2D eigenvalue weighted by molar-refractivity contribution is -0.158. The Balaban J connectivity index is 2.81. The smallest absolute Gasteiger partial charge is 0.337 e. The minimum absolute atomic E-state index is 0.212. The lowest BCUT2D eigenvalue weighted by Gasteiger charge is -2.15. The molecule has 1 aromatic carbocycles. The van der Waals surface area contributed by atoms with Crippen molar-refractivity contribution < 1.29 is 19.1 Å². The number of ether oxygens (including phenoxy) is 1. The number of esters is 2. The molecule has 1 rings (SSSR count). The van der Waals surface area contributed by atoms with Crippen molar-refractivity contribution in [3.05, 3.63) is 61.2 Å². The van der Waals surface area contributed by atoms with Crippen molar-refractivity contribution in [1.29, 1.82) is 0 Å². The molecular formula is C15H15NO4. The first kappa shape index (κ1) is 15.4. The van der Waals surface area contributed by atoms with E-state index in [1.807, 2.05) is 18.2 Å². The normalized spacial score (nSPS) is 11.0. The molecule has 104 valence electrons. The largest absolute Gasteiger partial charge is 0.388 e. The van der Waals surface area contributed by atoms with Gasteiger partial charge in [0.1, 0.15) is 6.04 Å². The SMILES string of the molecule is C=CC(=O)N[C@@H](Cc1ccccc1)C(=O)OC(=O)C=C. The number of benzene rings is 1. The predicted octanol–water partition coefficient (Wildman–Crippen LogP) is 1.16. The Morgan fingerprint density at radius 1 is 1.15 bits per heavy atom. The highest BCUT2D eigenvalue weighted by atomic mass is 16.6. The summed E-state index contributed by atoms with van der Waals surface area (Å²) in [4.78, 5) is 34.2. The average molecular weight is 273 g/mol. The Morgan fingerprint density at radius 3 is 2.35 bits per heavy atom. The molecule has 0 aliphatic heterocycles. The molecule has 0 saturated heterocycles. The highest BCUT2D eigenvalue weighted by Gasteiger charge is 2.23. The number of hydrogen-bond donors (Lipinski definition) is 1. The third-order valence-electron chi connectivity index (χ3n) is 2.44. The predicted molar refractivity (Wildman–Crippen MR) is 73.6 cm³/mol. The summed E-state index contributed by atoms with van der Waals surface area (Å²) in [7, 11) is 0. The first-order valence-electron chi connectivity index (χ1n) is 5.91. The van der Waals surface area contributed by atoms with Gasteiger partial charge in [-0.2, -0.15) is 0 Å². The number of hydrogen-bond acceptors (Lipinski definition) is 4. The zero-order valence-electron chi connectivity index (χ0n) is 10.9. The number of carbonyl (C=O) groups is 3. The van der Waals surface area contributed by atoms with E-state index in [9.17, 15) is 14.4 Å².